The third-order valence-electron chi connectivity index (χ3n) is 2.17. The highest BCUT2D eigenvalue weighted by atomic mass is 15.3. The van der Waals surface area contributed by atoms with Gasteiger partial charge >= 0.3 is 0 Å². The van der Waals surface area contributed by atoms with Gasteiger partial charge in [0.1, 0.15) is 11.5 Å². The van der Waals surface area contributed by atoms with E-state index >= 15 is 0 Å². The van der Waals surface area contributed by atoms with Crippen LogP contribution in [-0.4, -0.2) is 22.9 Å². The lowest BCUT2D eigenvalue weighted by Gasteiger charge is -2.16. The molecular formula is C8H14N4. The number of nitrogens with zero attached hydrogens (tertiary/aromatic N) is 2. The molecular weight excluding hydrogens is 152 g/mol. The molecule has 4 nitrogen and oxygen atoms in total. The van der Waals surface area contributed by atoms with Crippen molar-refractivity contribution in [2.45, 2.75) is 13.3 Å². The highest BCUT2D eigenvalue weighted by Crippen LogP contribution is 2.27. The third kappa shape index (κ3) is 0.948. The van der Waals surface area contributed by atoms with Gasteiger partial charge in [-0.1, -0.05) is 6.92 Å². The van der Waals surface area contributed by atoms with Crippen molar-refractivity contribution in [3.8, 4) is 0 Å². The Morgan fingerprint density at radius 1 is 1.42 bits per heavy atom. The van der Waals surface area contributed by atoms with Gasteiger partial charge in [0.15, 0.2) is 0 Å². The Balaban J connectivity index is 2.47. The van der Waals surface area contributed by atoms with E-state index < -0.39 is 0 Å². The summed E-state index contributed by atoms with van der Waals surface area (Å²) in [5, 5.41) is 11.1. The molecule has 0 fully saturated rings. The van der Waals surface area contributed by atoms with Crippen LogP contribution in [-0.2, 0) is 13.5 Å². The van der Waals surface area contributed by atoms with Crippen LogP contribution < -0.4 is 10.6 Å². The Bertz CT molecular complexity index is 289. The fourth-order valence-corrected chi connectivity index (χ4v) is 1.58. The van der Waals surface area contributed by atoms with Crippen molar-refractivity contribution in [2.75, 3.05) is 23.7 Å². The van der Waals surface area contributed by atoms with Crippen LogP contribution in [0.5, 0.6) is 0 Å². The highest BCUT2D eigenvalue weighted by Gasteiger charge is 2.16. The highest BCUT2D eigenvalue weighted by molar-refractivity contribution is 5.70. The second-order valence-electron chi connectivity index (χ2n) is 3.00. The summed E-state index contributed by atoms with van der Waals surface area (Å²) in [6, 6.07) is 0. The van der Waals surface area contributed by atoms with E-state index in [1.165, 1.54) is 5.69 Å². The Morgan fingerprint density at radius 3 is 2.92 bits per heavy atom. The van der Waals surface area contributed by atoms with Crippen molar-refractivity contribution in [1.82, 2.24) is 9.78 Å². The van der Waals surface area contributed by atoms with Crippen LogP contribution in [0.3, 0.4) is 0 Å². The first kappa shape index (κ1) is 7.46. The van der Waals surface area contributed by atoms with Crippen molar-refractivity contribution in [2.24, 2.45) is 7.05 Å². The maximum absolute atomic E-state index is 4.40. The van der Waals surface area contributed by atoms with Crippen LogP contribution in [0.1, 0.15) is 12.6 Å². The minimum atomic E-state index is 0.982. The first-order valence-electron chi connectivity index (χ1n) is 4.36. The minimum Gasteiger partial charge on any atom is -0.379 e. The summed E-state index contributed by atoms with van der Waals surface area (Å²) in [6.07, 6.45) is 0.984. The van der Waals surface area contributed by atoms with Crippen molar-refractivity contribution >= 4 is 11.5 Å². The van der Waals surface area contributed by atoms with Crippen LogP contribution in [0.25, 0.3) is 0 Å². The first-order valence-corrected chi connectivity index (χ1v) is 4.36. The number of aromatic nitrogens is 2. The van der Waals surface area contributed by atoms with Gasteiger partial charge in [-0.2, -0.15) is 5.10 Å². The maximum Gasteiger partial charge on any atom is 0.148 e. The van der Waals surface area contributed by atoms with E-state index in [0.29, 0.717) is 0 Å². The van der Waals surface area contributed by atoms with Gasteiger partial charge in [-0.25, -0.2) is 0 Å². The molecule has 0 unspecified atom stereocenters. The lowest BCUT2D eigenvalue weighted by atomic mass is 10.2. The van der Waals surface area contributed by atoms with Crippen molar-refractivity contribution < 1.29 is 0 Å². The fraction of sp³-hybridized carbons (Fsp3) is 0.625. The predicted molar refractivity (Wildman–Crippen MR) is 49.6 cm³/mol. The van der Waals surface area contributed by atoms with Gasteiger partial charge in [0.05, 0.1) is 5.69 Å². The normalized spacial score (nSPS) is 14.8. The molecule has 12 heavy (non-hydrogen) atoms. The van der Waals surface area contributed by atoms with Gasteiger partial charge < -0.3 is 10.6 Å². The second-order valence-corrected chi connectivity index (χ2v) is 3.00. The molecule has 0 saturated carbocycles. The number of hydrogen-bond donors (Lipinski definition) is 2. The van der Waals surface area contributed by atoms with E-state index in [1.54, 1.807) is 0 Å². The van der Waals surface area contributed by atoms with Gasteiger partial charge in [0, 0.05) is 20.1 Å². The number of rotatable bonds is 1. The Labute approximate surface area is 72.0 Å². The van der Waals surface area contributed by atoms with Crippen molar-refractivity contribution in [3.05, 3.63) is 5.69 Å². The van der Waals surface area contributed by atoms with Gasteiger partial charge in [-0.05, 0) is 6.42 Å². The van der Waals surface area contributed by atoms with Gasteiger partial charge in [0.25, 0.3) is 0 Å². The van der Waals surface area contributed by atoms with E-state index in [0.717, 1.165) is 31.0 Å². The number of hydrogen-bond acceptors (Lipinski definition) is 3. The lowest BCUT2D eigenvalue weighted by Crippen LogP contribution is -2.21. The summed E-state index contributed by atoms with van der Waals surface area (Å²) in [7, 11) is 1.97. The molecule has 0 amide bonds. The molecule has 0 aliphatic carbocycles. The summed E-state index contributed by atoms with van der Waals surface area (Å²) < 4.78 is 1.90. The van der Waals surface area contributed by atoms with Crippen LogP contribution >= 0.6 is 0 Å². The Morgan fingerprint density at radius 2 is 2.17 bits per heavy atom. The zero-order valence-electron chi connectivity index (χ0n) is 7.52. The molecule has 2 heterocycles. The fourth-order valence-electron chi connectivity index (χ4n) is 1.58. The summed E-state index contributed by atoms with van der Waals surface area (Å²) >= 11 is 0. The molecule has 0 spiro atoms. The Hall–Kier alpha value is -1.19. The molecule has 0 saturated heterocycles. The molecule has 0 aromatic carbocycles. The summed E-state index contributed by atoms with van der Waals surface area (Å²) in [6.45, 7) is 4.10. The molecule has 2 N–H and O–H groups in total. The monoisotopic (exact) mass is 166 g/mol. The van der Waals surface area contributed by atoms with E-state index in [1.807, 2.05) is 11.7 Å². The molecule has 1 aliphatic heterocycles. The van der Waals surface area contributed by atoms with Crippen LogP contribution in [0.2, 0.25) is 0 Å². The average Bonchev–Trinajstić information content (AvgIpc) is 2.44. The van der Waals surface area contributed by atoms with Crippen molar-refractivity contribution in [1.29, 1.82) is 0 Å². The van der Waals surface area contributed by atoms with Gasteiger partial charge in [-0.3, -0.25) is 4.68 Å². The molecule has 0 atom stereocenters. The smallest absolute Gasteiger partial charge is 0.148 e. The maximum atomic E-state index is 4.40. The summed E-state index contributed by atoms with van der Waals surface area (Å²) in [4.78, 5) is 0. The average molecular weight is 166 g/mol. The third-order valence-corrected chi connectivity index (χ3v) is 2.17. The zero-order chi connectivity index (χ0) is 8.55. The summed E-state index contributed by atoms with van der Waals surface area (Å²) in [5.74, 6) is 1.12. The molecule has 66 valence electrons. The molecule has 1 aromatic rings. The SMILES string of the molecule is CCc1nn(C)c2c1NCCN2. The lowest BCUT2D eigenvalue weighted by molar-refractivity contribution is 0.748. The van der Waals surface area contributed by atoms with E-state index in [4.69, 9.17) is 0 Å². The van der Waals surface area contributed by atoms with Crippen LogP contribution in [0.4, 0.5) is 11.5 Å². The minimum absolute atomic E-state index is 0.982. The van der Waals surface area contributed by atoms with Crippen molar-refractivity contribution in [3.63, 3.8) is 0 Å². The first-order chi connectivity index (χ1) is 5.83. The quantitative estimate of drug-likeness (QED) is 0.649. The van der Waals surface area contributed by atoms with Gasteiger partial charge in [-0.15, -0.1) is 0 Å². The standard InChI is InChI=1S/C8H14N4/c1-3-6-7-8(12(2)11-6)10-5-4-9-7/h9-10H,3-5H2,1-2H3. The molecule has 1 aromatic heterocycles. The predicted octanol–water partition coefficient (Wildman–Crippen LogP) is 0.820. The number of fused-ring (bicyclic) bond motifs is 1. The van der Waals surface area contributed by atoms with E-state index in [-0.39, 0.29) is 0 Å². The molecule has 0 radical (unpaired) electrons. The number of anilines is 2. The zero-order valence-corrected chi connectivity index (χ0v) is 7.52. The van der Waals surface area contributed by atoms with Gasteiger partial charge in [0.2, 0.25) is 0 Å². The largest absolute Gasteiger partial charge is 0.379 e. The van der Waals surface area contributed by atoms with Crippen LogP contribution in [0.15, 0.2) is 0 Å². The number of nitrogens with one attached hydrogen (secondary N) is 2. The molecule has 1 aliphatic rings. The molecule has 4 heteroatoms. The van der Waals surface area contributed by atoms with E-state index in [9.17, 15) is 0 Å². The topological polar surface area (TPSA) is 41.9 Å². The molecule has 0 bridgehead atoms. The van der Waals surface area contributed by atoms with E-state index in [2.05, 4.69) is 22.7 Å². The Kier molecular flexibility index (Phi) is 1.67. The second kappa shape index (κ2) is 2.69. The summed E-state index contributed by atoms with van der Waals surface area (Å²) in [5.41, 5.74) is 2.34. The number of aryl methyl sites for hydroxylation is 2. The molecule has 2 rings (SSSR count). The van der Waals surface area contributed by atoms with Crippen LogP contribution in [0, 0.1) is 0 Å².